The van der Waals surface area contributed by atoms with E-state index in [1.54, 1.807) is 19.1 Å². The molecule has 164 valence electrons. The maximum Gasteiger partial charge on any atom is 0.327 e. The van der Waals surface area contributed by atoms with Gasteiger partial charge in [-0.15, -0.1) is 10.2 Å². The Morgan fingerprint density at radius 2 is 1.69 bits per heavy atom. The smallest absolute Gasteiger partial charge is 0.327 e. The number of amides is 3. The molecule has 2 unspecified atom stereocenters. The molecule has 0 bridgehead atoms. The Bertz CT molecular complexity index is 1190. The van der Waals surface area contributed by atoms with Gasteiger partial charge < -0.3 is 14.5 Å². The average Bonchev–Trinajstić information content (AvgIpc) is 3.37. The number of urea groups is 1. The summed E-state index contributed by atoms with van der Waals surface area (Å²) in [6.45, 7) is 0.455. The van der Waals surface area contributed by atoms with Crippen LogP contribution in [-0.4, -0.2) is 63.7 Å². The van der Waals surface area contributed by atoms with Crippen LogP contribution >= 0.6 is 15.9 Å². The van der Waals surface area contributed by atoms with Crippen molar-refractivity contribution in [2.75, 3.05) is 26.1 Å². The van der Waals surface area contributed by atoms with E-state index in [-0.39, 0.29) is 11.9 Å². The van der Waals surface area contributed by atoms with Crippen LogP contribution in [0.3, 0.4) is 0 Å². The first-order chi connectivity index (χ1) is 15.4. The zero-order valence-electron chi connectivity index (χ0n) is 17.8. The van der Waals surface area contributed by atoms with E-state index >= 15 is 0 Å². The lowest BCUT2D eigenvalue weighted by molar-refractivity contribution is -0.133. The zero-order chi connectivity index (χ0) is 22.6. The molecule has 0 N–H and O–H groups in total. The molecule has 2 aromatic carbocycles. The summed E-state index contributed by atoms with van der Waals surface area (Å²) in [5.41, 5.74) is 1.84. The summed E-state index contributed by atoms with van der Waals surface area (Å²) in [6.07, 6.45) is -0.552. The summed E-state index contributed by atoms with van der Waals surface area (Å²) in [5, 5.41) is 8.87. The van der Waals surface area contributed by atoms with Crippen molar-refractivity contribution in [3.05, 3.63) is 58.6 Å². The Kier molecular flexibility index (Phi) is 4.89. The molecule has 2 aliphatic heterocycles. The van der Waals surface area contributed by atoms with E-state index in [0.29, 0.717) is 18.3 Å². The fourth-order valence-corrected chi connectivity index (χ4v) is 4.59. The van der Waals surface area contributed by atoms with E-state index in [9.17, 15) is 9.59 Å². The van der Waals surface area contributed by atoms with Gasteiger partial charge in [-0.05, 0) is 42.0 Å². The van der Waals surface area contributed by atoms with Crippen LogP contribution < -0.4 is 9.64 Å². The summed E-state index contributed by atoms with van der Waals surface area (Å²) in [6, 6.07) is 14.4. The Labute approximate surface area is 193 Å². The average molecular weight is 497 g/mol. The summed E-state index contributed by atoms with van der Waals surface area (Å²) in [5.74, 6) is 1.61. The monoisotopic (exact) mass is 496 g/mol. The predicted molar refractivity (Wildman–Crippen MR) is 121 cm³/mol. The second-order valence-corrected chi connectivity index (χ2v) is 8.74. The van der Waals surface area contributed by atoms with Gasteiger partial charge >= 0.3 is 6.03 Å². The van der Waals surface area contributed by atoms with Gasteiger partial charge in [0.05, 0.1) is 7.11 Å². The Morgan fingerprint density at radius 1 is 1.00 bits per heavy atom. The van der Waals surface area contributed by atoms with Crippen molar-refractivity contribution in [2.45, 2.75) is 18.8 Å². The lowest BCUT2D eigenvalue weighted by Crippen LogP contribution is -2.61. The molecule has 10 heteroatoms. The predicted octanol–water partition coefficient (Wildman–Crippen LogP) is 3.13. The van der Waals surface area contributed by atoms with Crippen molar-refractivity contribution in [2.24, 2.45) is 0 Å². The van der Waals surface area contributed by atoms with Crippen molar-refractivity contribution in [3.8, 4) is 17.1 Å². The molecule has 2 aliphatic rings. The van der Waals surface area contributed by atoms with E-state index in [2.05, 4.69) is 26.1 Å². The van der Waals surface area contributed by atoms with Gasteiger partial charge in [-0.25, -0.2) is 4.79 Å². The molecule has 9 nitrogen and oxygen atoms in total. The van der Waals surface area contributed by atoms with Crippen LogP contribution in [0, 0.1) is 0 Å². The van der Waals surface area contributed by atoms with E-state index in [0.717, 1.165) is 21.3 Å². The number of carbonyl (C=O) groups is 2. The molecular weight excluding hydrogens is 476 g/mol. The fourth-order valence-electron chi connectivity index (χ4n) is 4.33. The molecule has 0 saturated carbocycles. The zero-order valence-corrected chi connectivity index (χ0v) is 19.4. The van der Waals surface area contributed by atoms with Gasteiger partial charge in [0.15, 0.2) is 11.9 Å². The molecule has 3 aromatic rings. The lowest BCUT2D eigenvalue weighted by Gasteiger charge is -2.40. The summed E-state index contributed by atoms with van der Waals surface area (Å²) < 4.78 is 8.12. The lowest BCUT2D eigenvalue weighted by atomic mass is 10.1. The number of aromatic nitrogens is 3. The van der Waals surface area contributed by atoms with Crippen LogP contribution in [0.5, 0.6) is 5.75 Å². The second kappa shape index (κ2) is 7.63. The Hall–Kier alpha value is -3.40. The van der Waals surface area contributed by atoms with Crippen LogP contribution in [0.4, 0.5) is 10.7 Å². The highest BCUT2D eigenvalue weighted by molar-refractivity contribution is 9.10. The number of rotatable bonds is 4. The number of hydrogen-bond donors (Lipinski definition) is 0. The second-order valence-electron chi connectivity index (χ2n) is 7.83. The van der Waals surface area contributed by atoms with Crippen LogP contribution in [0.2, 0.25) is 0 Å². The number of nitrogens with zero attached hydrogens (tertiary/aromatic N) is 6. The minimum Gasteiger partial charge on any atom is -0.497 e. The van der Waals surface area contributed by atoms with Crippen LogP contribution in [0.25, 0.3) is 11.4 Å². The van der Waals surface area contributed by atoms with Crippen LogP contribution in [-0.2, 0) is 11.3 Å². The molecule has 0 aliphatic carbocycles. The van der Waals surface area contributed by atoms with Crippen molar-refractivity contribution >= 4 is 33.8 Å². The Balaban J connectivity index is 1.63. The van der Waals surface area contributed by atoms with E-state index in [1.807, 2.05) is 58.0 Å². The van der Waals surface area contributed by atoms with Gasteiger partial charge in [0.2, 0.25) is 5.95 Å². The van der Waals surface area contributed by atoms with Crippen LogP contribution in [0.1, 0.15) is 11.7 Å². The third kappa shape index (κ3) is 3.05. The van der Waals surface area contributed by atoms with Crippen LogP contribution in [0.15, 0.2) is 53.0 Å². The molecule has 32 heavy (non-hydrogen) atoms. The highest BCUT2D eigenvalue weighted by atomic mass is 79.9. The van der Waals surface area contributed by atoms with Gasteiger partial charge in [0, 0.05) is 30.7 Å². The number of fused-ring (bicyclic) bond motifs is 3. The fraction of sp³-hybridized carbons (Fsp3) is 0.273. The van der Waals surface area contributed by atoms with Gasteiger partial charge in [-0.1, -0.05) is 28.1 Å². The molecule has 5 rings (SSSR count). The van der Waals surface area contributed by atoms with Gasteiger partial charge in [0.1, 0.15) is 11.9 Å². The molecule has 1 aromatic heterocycles. The number of carbonyl (C=O) groups excluding carboxylic acids is 2. The summed E-state index contributed by atoms with van der Waals surface area (Å²) in [4.78, 5) is 30.7. The summed E-state index contributed by atoms with van der Waals surface area (Å²) in [7, 11) is 4.83. The third-order valence-corrected chi connectivity index (χ3v) is 6.53. The number of anilines is 1. The molecule has 3 amide bonds. The molecule has 3 heterocycles. The Morgan fingerprint density at radius 3 is 2.34 bits per heavy atom. The van der Waals surface area contributed by atoms with Gasteiger partial charge in [-0.3, -0.25) is 14.3 Å². The minimum atomic E-state index is -0.603. The van der Waals surface area contributed by atoms with Crippen molar-refractivity contribution in [1.29, 1.82) is 0 Å². The third-order valence-electron chi connectivity index (χ3n) is 6.00. The number of hydrogen-bond acceptors (Lipinski definition) is 6. The summed E-state index contributed by atoms with van der Waals surface area (Å²) >= 11 is 3.46. The van der Waals surface area contributed by atoms with Gasteiger partial charge in [0.25, 0.3) is 5.91 Å². The minimum absolute atomic E-state index is 0.263. The first-order valence-electron chi connectivity index (χ1n) is 10.1. The quantitative estimate of drug-likeness (QED) is 0.551. The van der Waals surface area contributed by atoms with E-state index < -0.39 is 12.2 Å². The highest BCUT2D eigenvalue weighted by Crippen LogP contribution is 2.43. The van der Waals surface area contributed by atoms with Crippen molar-refractivity contribution in [1.82, 2.24) is 24.6 Å². The number of benzene rings is 2. The molecule has 2 atom stereocenters. The van der Waals surface area contributed by atoms with E-state index in [1.165, 1.54) is 11.9 Å². The molecule has 0 spiro atoms. The number of likely N-dealkylation sites (N-methyl/N-ethyl adjacent to an activating group) is 2. The van der Waals surface area contributed by atoms with Gasteiger partial charge in [-0.2, -0.15) is 0 Å². The van der Waals surface area contributed by atoms with E-state index in [4.69, 9.17) is 4.74 Å². The number of halogens is 1. The first-order valence-corrected chi connectivity index (χ1v) is 10.8. The normalized spacial score (nSPS) is 19.9. The van der Waals surface area contributed by atoms with Crippen molar-refractivity contribution in [3.63, 3.8) is 0 Å². The molecule has 1 saturated heterocycles. The maximum absolute atomic E-state index is 13.3. The molecule has 1 fully saturated rings. The highest BCUT2D eigenvalue weighted by Gasteiger charge is 2.54. The SMILES string of the molecule is COc1ccc(-c2nnc3n2C2C(C(=O)N(C)C(=O)N2C)N3Cc2ccc(Br)cc2)cc1. The standard InChI is InChI=1S/C22H21BrN6O3/c1-26-19-17(20(30)27(2)22(26)31)28(12-13-4-8-15(23)9-5-13)21-25-24-18(29(19)21)14-6-10-16(32-3)11-7-14/h4-11,17,19H,12H2,1-3H3. The molecular formula is C22H21BrN6O3. The largest absolute Gasteiger partial charge is 0.497 e. The maximum atomic E-state index is 13.3. The number of ether oxygens (including phenoxy) is 1. The number of imide groups is 1. The molecule has 0 radical (unpaired) electrons. The first kappa shape index (κ1) is 20.5. The van der Waals surface area contributed by atoms with Crippen molar-refractivity contribution < 1.29 is 14.3 Å². The number of methoxy groups -OCH3 is 1. The topological polar surface area (TPSA) is 83.8 Å².